The van der Waals surface area contributed by atoms with Crippen LogP contribution in [0.15, 0.2) is 41.6 Å². The molecule has 0 fully saturated rings. The molecule has 0 atom stereocenters. The van der Waals surface area contributed by atoms with Gasteiger partial charge in [-0.25, -0.2) is 9.36 Å². The molecule has 0 radical (unpaired) electrons. The monoisotopic (exact) mass is 343 g/mol. The van der Waals surface area contributed by atoms with Crippen molar-refractivity contribution in [3.05, 3.63) is 52.7 Å². The van der Waals surface area contributed by atoms with Crippen molar-refractivity contribution in [3.8, 4) is 11.7 Å². The van der Waals surface area contributed by atoms with E-state index in [0.717, 1.165) is 0 Å². The topological polar surface area (TPSA) is 109 Å². The van der Waals surface area contributed by atoms with E-state index in [4.69, 9.17) is 4.74 Å². The predicted molar refractivity (Wildman–Crippen MR) is 87.7 cm³/mol. The first kappa shape index (κ1) is 16.4. The van der Waals surface area contributed by atoms with Gasteiger partial charge in [-0.3, -0.25) is 14.3 Å². The summed E-state index contributed by atoms with van der Waals surface area (Å²) in [5, 5.41) is 15.1. The summed E-state index contributed by atoms with van der Waals surface area (Å²) in [6.07, 6.45) is 4.92. The fourth-order valence-corrected chi connectivity index (χ4v) is 2.27. The highest BCUT2D eigenvalue weighted by Crippen LogP contribution is 2.14. The Morgan fingerprint density at radius 2 is 2.16 bits per heavy atom. The highest BCUT2D eigenvalue weighted by atomic mass is 16.5. The quantitative estimate of drug-likeness (QED) is 0.652. The first-order chi connectivity index (χ1) is 12.1. The summed E-state index contributed by atoms with van der Waals surface area (Å²) in [6.45, 7) is 0.453. The Balaban J connectivity index is 1.67. The Bertz CT molecular complexity index is 927. The van der Waals surface area contributed by atoms with Gasteiger partial charge in [-0.1, -0.05) is 0 Å². The number of methoxy groups -OCH3 is 1. The van der Waals surface area contributed by atoms with Crippen LogP contribution >= 0.6 is 0 Å². The van der Waals surface area contributed by atoms with Crippen molar-refractivity contribution in [1.29, 1.82) is 0 Å². The van der Waals surface area contributed by atoms with Gasteiger partial charge in [0, 0.05) is 38.2 Å². The number of carbonyl (C=O) groups excluding carboxylic acids is 1. The van der Waals surface area contributed by atoms with Gasteiger partial charge < -0.3 is 10.1 Å². The molecule has 0 aromatic carbocycles. The Morgan fingerprint density at radius 1 is 1.32 bits per heavy atom. The van der Waals surface area contributed by atoms with E-state index in [2.05, 4.69) is 20.6 Å². The van der Waals surface area contributed by atoms with Crippen molar-refractivity contribution in [2.45, 2.75) is 6.54 Å². The predicted octanol–water partition coefficient (Wildman–Crippen LogP) is -0.399. The lowest BCUT2D eigenvalue weighted by molar-refractivity contribution is 0.0948. The largest absolute Gasteiger partial charge is 0.479 e. The van der Waals surface area contributed by atoms with Gasteiger partial charge in [0.1, 0.15) is 5.56 Å². The number of nitrogens with zero attached hydrogens (tertiary/aromatic N) is 6. The Kier molecular flexibility index (Phi) is 4.59. The van der Waals surface area contributed by atoms with E-state index in [1.54, 1.807) is 42.5 Å². The minimum Gasteiger partial charge on any atom is -0.479 e. The Labute approximate surface area is 142 Å². The van der Waals surface area contributed by atoms with Gasteiger partial charge in [-0.05, 0) is 12.1 Å². The summed E-state index contributed by atoms with van der Waals surface area (Å²) in [4.78, 5) is 24.1. The van der Waals surface area contributed by atoms with E-state index in [0.29, 0.717) is 11.4 Å². The number of hydrogen-bond acceptors (Lipinski definition) is 6. The lowest BCUT2D eigenvalue weighted by atomic mass is 10.3. The second-order valence-corrected chi connectivity index (χ2v) is 5.19. The molecule has 0 bridgehead atoms. The van der Waals surface area contributed by atoms with Gasteiger partial charge in [0.15, 0.2) is 5.82 Å². The zero-order chi connectivity index (χ0) is 17.8. The van der Waals surface area contributed by atoms with Gasteiger partial charge in [-0.15, -0.1) is 10.2 Å². The molecule has 25 heavy (non-hydrogen) atoms. The van der Waals surface area contributed by atoms with Crippen LogP contribution in [0, 0.1) is 0 Å². The molecule has 0 aliphatic heterocycles. The molecule has 0 spiro atoms. The number of amides is 1. The third-order valence-corrected chi connectivity index (χ3v) is 3.43. The number of rotatable bonds is 6. The summed E-state index contributed by atoms with van der Waals surface area (Å²) in [7, 11) is 3.15. The fourth-order valence-electron chi connectivity index (χ4n) is 2.27. The molecule has 10 nitrogen and oxygen atoms in total. The summed E-state index contributed by atoms with van der Waals surface area (Å²) in [6, 6.07) is 4.76. The number of aromatic nitrogens is 6. The van der Waals surface area contributed by atoms with Crippen LogP contribution in [0.4, 0.5) is 0 Å². The smallest absolute Gasteiger partial charge is 0.266 e. The van der Waals surface area contributed by atoms with E-state index in [1.807, 2.05) is 0 Å². The number of carbonyl (C=O) groups is 1. The zero-order valence-electron chi connectivity index (χ0n) is 13.8. The summed E-state index contributed by atoms with van der Waals surface area (Å²) >= 11 is 0. The number of hydrogen-bond donors (Lipinski definition) is 1. The SMILES string of the molecule is COc1nn(C)cc1C(=O)NCCn1nc(-n2cccn2)ccc1=O. The van der Waals surface area contributed by atoms with Crippen molar-refractivity contribution in [2.24, 2.45) is 7.05 Å². The molecule has 0 unspecified atom stereocenters. The molecule has 10 heteroatoms. The van der Waals surface area contributed by atoms with Crippen molar-refractivity contribution in [3.63, 3.8) is 0 Å². The highest BCUT2D eigenvalue weighted by Gasteiger charge is 2.15. The van der Waals surface area contributed by atoms with Gasteiger partial charge in [0.05, 0.1) is 13.7 Å². The van der Waals surface area contributed by atoms with Crippen LogP contribution in [0.5, 0.6) is 5.88 Å². The molecule has 3 rings (SSSR count). The summed E-state index contributed by atoms with van der Waals surface area (Å²) in [5.41, 5.74) is 0.0692. The lowest BCUT2D eigenvalue weighted by Crippen LogP contribution is -2.32. The number of ether oxygens (including phenoxy) is 1. The lowest BCUT2D eigenvalue weighted by Gasteiger charge is -2.08. The van der Waals surface area contributed by atoms with Crippen LogP contribution in [-0.2, 0) is 13.6 Å². The Hall–Kier alpha value is -3.43. The molecular formula is C15H17N7O3. The molecule has 0 aliphatic rings. The van der Waals surface area contributed by atoms with Gasteiger partial charge in [-0.2, -0.15) is 5.10 Å². The molecule has 3 heterocycles. The van der Waals surface area contributed by atoms with Gasteiger partial charge >= 0.3 is 0 Å². The second-order valence-electron chi connectivity index (χ2n) is 5.19. The van der Waals surface area contributed by atoms with E-state index < -0.39 is 0 Å². The summed E-state index contributed by atoms with van der Waals surface area (Å²) < 4.78 is 9.38. The minimum absolute atomic E-state index is 0.224. The molecule has 3 aromatic heterocycles. The second kappa shape index (κ2) is 6.99. The van der Waals surface area contributed by atoms with Gasteiger partial charge in [0.2, 0.25) is 5.88 Å². The zero-order valence-corrected chi connectivity index (χ0v) is 13.8. The van der Waals surface area contributed by atoms with Crippen molar-refractivity contribution in [2.75, 3.05) is 13.7 Å². The molecule has 0 saturated carbocycles. The van der Waals surface area contributed by atoms with Gasteiger partial charge in [0.25, 0.3) is 11.5 Å². The highest BCUT2D eigenvalue weighted by molar-refractivity contribution is 5.96. The number of nitrogens with one attached hydrogen (secondary N) is 1. The molecular weight excluding hydrogens is 326 g/mol. The average Bonchev–Trinajstić information content (AvgIpc) is 3.25. The minimum atomic E-state index is -0.332. The normalized spacial score (nSPS) is 10.6. The van der Waals surface area contributed by atoms with Crippen LogP contribution in [-0.4, -0.2) is 48.9 Å². The van der Waals surface area contributed by atoms with Crippen LogP contribution in [0.3, 0.4) is 0 Å². The average molecular weight is 343 g/mol. The third-order valence-electron chi connectivity index (χ3n) is 3.43. The van der Waals surface area contributed by atoms with Crippen molar-refractivity contribution < 1.29 is 9.53 Å². The van der Waals surface area contributed by atoms with Crippen molar-refractivity contribution in [1.82, 2.24) is 34.7 Å². The van der Waals surface area contributed by atoms with Crippen LogP contribution in [0.1, 0.15) is 10.4 Å². The maximum atomic E-state index is 12.2. The Morgan fingerprint density at radius 3 is 2.88 bits per heavy atom. The molecule has 0 aliphatic carbocycles. The molecule has 3 aromatic rings. The molecule has 0 saturated heterocycles. The first-order valence-electron chi connectivity index (χ1n) is 7.52. The summed E-state index contributed by atoms with van der Waals surface area (Å²) in [5.74, 6) is 0.432. The van der Waals surface area contributed by atoms with Crippen LogP contribution in [0.2, 0.25) is 0 Å². The third kappa shape index (κ3) is 3.57. The standard InChI is InChI=1S/C15H17N7O3/c1-20-10-11(15(19-20)25-2)14(24)16-7-9-22-13(23)5-4-12(18-22)21-8-3-6-17-21/h3-6,8,10H,7,9H2,1-2H3,(H,16,24). The van der Waals surface area contributed by atoms with E-state index >= 15 is 0 Å². The molecule has 130 valence electrons. The fraction of sp³-hybridized carbons (Fsp3) is 0.267. The molecule has 1 N–H and O–H groups in total. The van der Waals surface area contributed by atoms with E-state index in [1.165, 1.54) is 22.5 Å². The van der Waals surface area contributed by atoms with E-state index in [-0.39, 0.29) is 30.4 Å². The first-order valence-corrected chi connectivity index (χ1v) is 7.52. The van der Waals surface area contributed by atoms with Crippen LogP contribution < -0.4 is 15.6 Å². The number of aryl methyl sites for hydroxylation is 1. The van der Waals surface area contributed by atoms with Crippen LogP contribution in [0.25, 0.3) is 5.82 Å². The molecule has 1 amide bonds. The maximum Gasteiger partial charge on any atom is 0.266 e. The van der Waals surface area contributed by atoms with Crippen molar-refractivity contribution >= 4 is 5.91 Å². The maximum absolute atomic E-state index is 12.2. The van der Waals surface area contributed by atoms with E-state index in [9.17, 15) is 9.59 Å².